The number of halogens is 1. The van der Waals surface area contributed by atoms with Crippen molar-refractivity contribution < 1.29 is 17.9 Å². The fraction of sp³-hybridized carbons (Fsp3) is 0.667. The Morgan fingerprint density at radius 2 is 1.88 bits per heavy atom. The Morgan fingerprint density at radius 3 is 2.48 bits per heavy atom. The average molecular weight is 390 g/mol. The Kier molecular flexibility index (Phi) is 7.14. The smallest absolute Gasteiger partial charge is 0.246 e. The van der Waals surface area contributed by atoms with Gasteiger partial charge in [-0.05, 0) is 44.9 Å². The van der Waals surface area contributed by atoms with E-state index in [1.807, 2.05) is 20.8 Å². The van der Waals surface area contributed by atoms with E-state index in [-0.39, 0.29) is 17.1 Å². The van der Waals surface area contributed by atoms with Crippen molar-refractivity contribution in [1.29, 1.82) is 0 Å². The van der Waals surface area contributed by atoms with Crippen LogP contribution >= 0.6 is 11.6 Å². The number of ether oxygens (including phenoxy) is 2. The van der Waals surface area contributed by atoms with Crippen molar-refractivity contribution in [3.8, 4) is 5.75 Å². The number of hydrogen-bond acceptors (Lipinski definition) is 4. The van der Waals surface area contributed by atoms with Crippen molar-refractivity contribution >= 4 is 21.6 Å². The molecule has 1 heterocycles. The van der Waals surface area contributed by atoms with Gasteiger partial charge in [0.2, 0.25) is 10.0 Å². The Hall–Kier alpha value is -0.820. The first-order valence-corrected chi connectivity index (χ1v) is 10.7. The first kappa shape index (κ1) is 20.5. The van der Waals surface area contributed by atoms with E-state index in [4.69, 9.17) is 21.1 Å². The Bertz CT molecular complexity index is 683. The first-order chi connectivity index (χ1) is 11.8. The number of aryl methyl sites for hydroxylation is 1. The average Bonchev–Trinajstić information content (AvgIpc) is 2.53. The van der Waals surface area contributed by atoms with Crippen molar-refractivity contribution in [2.45, 2.75) is 64.1 Å². The van der Waals surface area contributed by atoms with E-state index in [0.29, 0.717) is 30.5 Å². The van der Waals surface area contributed by atoms with Crippen LogP contribution in [0.25, 0.3) is 0 Å². The predicted molar refractivity (Wildman–Crippen MR) is 100.0 cm³/mol. The zero-order valence-corrected chi connectivity index (χ0v) is 17.0. The number of hydrogen-bond donors (Lipinski definition) is 0. The zero-order valence-electron chi connectivity index (χ0n) is 15.4. The highest BCUT2D eigenvalue weighted by atomic mass is 35.5. The van der Waals surface area contributed by atoms with E-state index < -0.39 is 10.0 Å². The maximum absolute atomic E-state index is 13.2. The van der Waals surface area contributed by atoms with E-state index in [0.717, 1.165) is 24.8 Å². The summed E-state index contributed by atoms with van der Waals surface area (Å²) < 4.78 is 39.3. The van der Waals surface area contributed by atoms with Crippen molar-refractivity contribution in [2.24, 2.45) is 0 Å². The van der Waals surface area contributed by atoms with Gasteiger partial charge in [-0.3, -0.25) is 0 Å². The van der Waals surface area contributed by atoms with Gasteiger partial charge in [-0.25, -0.2) is 8.42 Å². The molecular formula is C18H28ClNO4S. The van der Waals surface area contributed by atoms with Crippen molar-refractivity contribution in [1.82, 2.24) is 4.31 Å². The number of unbranched alkanes of at least 4 members (excludes halogenated alkanes) is 2. The highest BCUT2D eigenvalue weighted by molar-refractivity contribution is 7.89. The number of morpholine rings is 1. The van der Waals surface area contributed by atoms with Gasteiger partial charge in [-0.2, -0.15) is 4.31 Å². The van der Waals surface area contributed by atoms with Crippen LogP contribution in [0.15, 0.2) is 17.0 Å². The molecule has 0 N–H and O–H groups in total. The summed E-state index contributed by atoms with van der Waals surface area (Å²) in [4.78, 5) is 0.140. The molecule has 0 spiro atoms. The molecule has 25 heavy (non-hydrogen) atoms. The molecule has 0 aromatic heterocycles. The van der Waals surface area contributed by atoms with Crippen LogP contribution in [0.1, 0.15) is 45.6 Å². The normalized spacial score (nSPS) is 22.1. The Balaban J connectivity index is 2.33. The molecule has 0 unspecified atom stereocenters. The summed E-state index contributed by atoms with van der Waals surface area (Å²) in [7, 11) is -3.70. The molecule has 2 atom stereocenters. The Morgan fingerprint density at radius 1 is 1.24 bits per heavy atom. The lowest BCUT2D eigenvalue weighted by atomic mass is 10.2. The van der Waals surface area contributed by atoms with Gasteiger partial charge in [-0.1, -0.05) is 31.4 Å². The monoisotopic (exact) mass is 389 g/mol. The van der Waals surface area contributed by atoms with E-state index in [1.54, 1.807) is 6.07 Å². The lowest BCUT2D eigenvalue weighted by Crippen LogP contribution is -2.48. The molecule has 0 amide bonds. The van der Waals surface area contributed by atoms with Crippen LogP contribution in [0.3, 0.4) is 0 Å². The lowest BCUT2D eigenvalue weighted by Gasteiger charge is -2.34. The summed E-state index contributed by atoms with van der Waals surface area (Å²) in [5.41, 5.74) is 0.801. The molecular weight excluding hydrogens is 362 g/mol. The second-order valence-corrected chi connectivity index (χ2v) is 9.00. The summed E-state index contributed by atoms with van der Waals surface area (Å²) in [6, 6.07) is 3.22. The van der Waals surface area contributed by atoms with Crippen molar-refractivity contribution in [2.75, 3.05) is 19.7 Å². The van der Waals surface area contributed by atoms with Crippen molar-refractivity contribution in [3.05, 3.63) is 22.7 Å². The quantitative estimate of drug-likeness (QED) is 0.661. The number of nitrogens with zero attached hydrogens (tertiary/aromatic N) is 1. The Labute approximate surface area is 156 Å². The van der Waals surface area contributed by atoms with Gasteiger partial charge in [-0.15, -0.1) is 0 Å². The van der Waals surface area contributed by atoms with Crippen LogP contribution in [0.5, 0.6) is 5.75 Å². The minimum absolute atomic E-state index is 0.140. The molecule has 0 bridgehead atoms. The van der Waals surface area contributed by atoms with Crippen LogP contribution in [0.4, 0.5) is 0 Å². The van der Waals surface area contributed by atoms with E-state index in [2.05, 4.69) is 6.92 Å². The fourth-order valence-electron chi connectivity index (χ4n) is 2.95. The lowest BCUT2D eigenvalue weighted by molar-refractivity contribution is -0.0441. The van der Waals surface area contributed by atoms with Gasteiger partial charge in [0.25, 0.3) is 0 Å². The van der Waals surface area contributed by atoms with Crippen LogP contribution in [0, 0.1) is 6.92 Å². The number of rotatable bonds is 7. The van der Waals surface area contributed by atoms with Gasteiger partial charge >= 0.3 is 0 Å². The second kappa shape index (κ2) is 8.71. The molecule has 7 heteroatoms. The van der Waals surface area contributed by atoms with Crippen LogP contribution in [0.2, 0.25) is 5.02 Å². The third kappa shape index (κ3) is 5.09. The second-order valence-electron chi connectivity index (χ2n) is 6.68. The summed E-state index contributed by atoms with van der Waals surface area (Å²) in [5, 5.41) is 0.425. The molecule has 1 aliphatic rings. The van der Waals surface area contributed by atoms with Gasteiger partial charge in [0.05, 0.1) is 18.8 Å². The number of benzene rings is 1. The zero-order chi connectivity index (χ0) is 18.6. The minimum atomic E-state index is -3.70. The number of sulfonamides is 1. The molecule has 0 saturated carbocycles. The predicted octanol–water partition coefficient (Wildman–Crippen LogP) is 4.02. The molecule has 1 aliphatic heterocycles. The molecule has 2 rings (SSSR count). The molecule has 0 radical (unpaired) electrons. The van der Waals surface area contributed by atoms with Crippen LogP contribution < -0.4 is 4.74 Å². The molecule has 1 aromatic rings. The third-order valence-corrected chi connectivity index (χ3v) is 6.49. The third-order valence-electron chi connectivity index (χ3n) is 4.23. The summed E-state index contributed by atoms with van der Waals surface area (Å²) in [6.45, 7) is 8.86. The molecule has 1 saturated heterocycles. The summed E-state index contributed by atoms with van der Waals surface area (Å²) >= 11 is 6.21. The molecule has 142 valence electrons. The van der Waals surface area contributed by atoms with Gasteiger partial charge < -0.3 is 9.47 Å². The first-order valence-electron chi connectivity index (χ1n) is 8.84. The van der Waals surface area contributed by atoms with Gasteiger partial charge in [0.1, 0.15) is 10.6 Å². The summed E-state index contributed by atoms with van der Waals surface area (Å²) in [6.07, 6.45) is 2.73. The minimum Gasteiger partial charge on any atom is -0.492 e. The van der Waals surface area contributed by atoms with Crippen LogP contribution in [-0.2, 0) is 14.8 Å². The fourth-order valence-corrected chi connectivity index (χ4v) is 4.91. The standard InChI is InChI=1S/C18H28ClNO4S/c1-5-6-7-8-23-17-9-13(2)16(19)10-18(17)25(21,22)20-11-14(3)24-15(4)12-20/h9-10,14-15H,5-8,11-12H2,1-4H3/t14-,15+. The topological polar surface area (TPSA) is 55.8 Å². The molecule has 1 aromatic carbocycles. The summed E-state index contributed by atoms with van der Waals surface area (Å²) in [5.74, 6) is 0.379. The maximum Gasteiger partial charge on any atom is 0.246 e. The maximum atomic E-state index is 13.2. The SMILES string of the molecule is CCCCCOc1cc(C)c(Cl)cc1S(=O)(=O)N1C[C@@H](C)O[C@@H](C)C1. The highest BCUT2D eigenvalue weighted by Crippen LogP contribution is 2.33. The molecule has 0 aliphatic carbocycles. The molecule has 1 fully saturated rings. The van der Waals surface area contributed by atoms with Crippen LogP contribution in [-0.4, -0.2) is 44.6 Å². The van der Waals surface area contributed by atoms with Gasteiger partial charge in [0.15, 0.2) is 0 Å². The van der Waals surface area contributed by atoms with Crippen molar-refractivity contribution in [3.63, 3.8) is 0 Å². The highest BCUT2D eigenvalue weighted by Gasteiger charge is 2.34. The van der Waals surface area contributed by atoms with Gasteiger partial charge in [0, 0.05) is 18.1 Å². The van der Waals surface area contributed by atoms with E-state index in [1.165, 1.54) is 10.4 Å². The molecule has 5 nitrogen and oxygen atoms in total. The van der Waals surface area contributed by atoms with E-state index >= 15 is 0 Å². The van der Waals surface area contributed by atoms with E-state index in [9.17, 15) is 8.42 Å². The largest absolute Gasteiger partial charge is 0.492 e.